The molecule has 0 atom stereocenters. The maximum Gasteiger partial charge on any atom is 0.282 e. The molecular weight excluding hydrogens is 532 g/mol. The smallest absolute Gasteiger partial charge is 0.282 e. The van der Waals surface area contributed by atoms with Gasteiger partial charge in [-0.1, -0.05) is 29.8 Å². The molecule has 10 nitrogen and oxygen atoms in total. The monoisotopic (exact) mass is 554 g/mol. The summed E-state index contributed by atoms with van der Waals surface area (Å²) in [6.45, 7) is 0.981. The highest BCUT2D eigenvalue weighted by molar-refractivity contribution is 6.39. The topological polar surface area (TPSA) is 136 Å². The second kappa shape index (κ2) is 12.6. The van der Waals surface area contributed by atoms with Gasteiger partial charge in [0.2, 0.25) is 0 Å². The number of amidine groups is 1. The third kappa shape index (κ3) is 6.09. The number of hydrogen-bond donors (Lipinski definition) is 0. The Kier molecular flexibility index (Phi) is 8.75. The van der Waals surface area contributed by atoms with Gasteiger partial charge in [-0.15, -0.1) is 0 Å². The van der Waals surface area contributed by atoms with Gasteiger partial charge in [0.15, 0.2) is 0 Å². The predicted molar refractivity (Wildman–Crippen MR) is 152 cm³/mol. The van der Waals surface area contributed by atoms with Gasteiger partial charge in [0, 0.05) is 42.5 Å². The number of amides is 1. The van der Waals surface area contributed by atoms with Gasteiger partial charge in [0.1, 0.15) is 17.3 Å². The van der Waals surface area contributed by atoms with Crippen LogP contribution in [0.1, 0.15) is 24.0 Å². The zero-order chi connectivity index (χ0) is 28.6. The molecule has 3 aromatic rings. The molecule has 11 heteroatoms. The standard InChI is InChI=1S/C29H23ClN6O4/c1-40-24-6-2-5-22(18-24)35-28(25-19-23(36(38)39)11-12-26(25)30)33-27(29(35)37)17-20-7-9-21(10-8-20)34(15-3-13-31)16-4-14-32/h2,5-12,17-19H,3-4,15-16H2,1H3/b27-17-. The van der Waals surface area contributed by atoms with E-state index in [1.54, 1.807) is 30.3 Å². The number of non-ortho nitro benzene ring substituents is 1. The molecule has 0 N–H and O–H groups in total. The maximum atomic E-state index is 13.7. The van der Waals surface area contributed by atoms with Crippen molar-refractivity contribution in [1.82, 2.24) is 0 Å². The number of nitro groups is 1. The minimum atomic E-state index is -0.540. The molecule has 40 heavy (non-hydrogen) atoms. The van der Waals surface area contributed by atoms with Gasteiger partial charge in [-0.25, -0.2) is 4.99 Å². The van der Waals surface area contributed by atoms with Crippen molar-refractivity contribution in [2.45, 2.75) is 12.8 Å². The average molecular weight is 555 g/mol. The zero-order valence-corrected chi connectivity index (χ0v) is 22.2. The molecule has 0 saturated carbocycles. The second-order valence-corrected chi connectivity index (χ2v) is 9.03. The molecule has 1 heterocycles. The molecule has 0 aromatic heterocycles. The zero-order valence-electron chi connectivity index (χ0n) is 21.5. The lowest BCUT2D eigenvalue weighted by atomic mass is 10.1. The molecular formula is C29H23ClN6O4. The van der Waals surface area contributed by atoms with Gasteiger partial charge in [-0.05, 0) is 42.0 Å². The Bertz CT molecular complexity index is 1570. The minimum absolute atomic E-state index is 0.110. The van der Waals surface area contributed by atoms with Crippen LogP contribution in [0, 0.1) is 32.8 Å². The Morgan fingerprint density at radius 1 is 1.07 bits per heavy atom. The lowest BCUT2D eigenvalue weighted by Crippen LogP contribution is -2.32. The van der Waals surface area contributed by atoms with E-state index >= 15 is 0 Å². The Hall–Kier alpha value is -5.19. The Morgan fingerprint density at radius 3 is 2.40 bits per heavy atom. The van der Waals surface area contributed by atoms with E-state index in [-0.39, 0.29) is 27.8 Å². The minimum Gasteiger partial charge on any atom is -0.497 e. The largest absolute Gasteiger partial charge is 0.497 e. The average Bonchev–Trinajstić information content (AvgIpc) is 3.29. The fourth-order valence-corrected chi connectivity index (χ4v) is 4.37. The van der Waals surface area contributed by atoms with Crippen molar-refractivity contribution in [1.29, 1.82) is 10.5 Å². The predicted octanol–water partition coefficient (Wildman–Crippen LogP) is 5.73. The lowest BCUT2D eigenvalue weighted by Gasteiger charge is -2.22. The normalized spacial score (nSPS) is 13.5. The molecule has 0 radical (unpaired) electrons. The van der Waals surface area contributed by atoms with Crippen LogP contribution in [0.4, 0.5) is 17.1 Å². The number of halogens is 1. The molecule has 200 valence electrons. The van der Waals surface area contributed by atoms with Crippen molar-refractivity contribution < 1.29 is 14.5 Å². The van der Waals surface area contributed by atoms with Crippen LogP contribution in [-0.2, 0) is 4.79 Å². The number of nitro benzene ring substituents is 1. The van der Waals surface area contributed by atoms with Crippen molar-refractivity contribution in [3.8, 4) is 17.9 Å². The maximum absolute atomic E-state index is 13.7. The SMILES string of the molecule is COc1cccc(N2C(=O)/C(=C/c3ccc(N(CCC#N)CCC#N)cc3)N=C2c2cc([N+](=O)[O-])ccc2Cl)c1. The number of rotatable bonds is 10. The summed E-state index contributed by atoms with van der Waals surface area (Å²) in [5.41, 5.74) is 2.14. The van der Waals surface area contributed by atoms with Crippen LogP contribution in [0.25, 0.3) is 6.08 Å². The number of carbonyl (C=O) groups is 1. The van der Waals surface area contributed by atoms with Gasteiger partial charge in [-0.2, -0.15) is 10.5 Å². The molecule has 0 saturated heterocycles. The first kappa shape index (κ1) is 27.8. The van der Waals surface area contributed by atoms with E-state index in [9.17, 15) is 14.9 Å². The van der Waals surface area contributed by atoms with Crippen LogP contribution < -0.4 is 14.5 Å². The van der Waals surface area contributed by atoms with Crippen LogP contribution in [-0.4, -0.2) is 36.9 Å². The van der Waals surface area contributed by atoms with Gasteiger partial charge in [0.25, 0.3) is 11.6 Å². The first-order chi connectivity index (χ1) is 19.4. The summed E-state index contributed by atoms with van der Waals surface area (Å²) in [6.07, 6.45) is 2.26. The summed E-state index contributed by atoms with van der Waals surface area (Å²) >= 11 is 6.44. The van der Waals surface area contributed by atoms with Gasteiger partial charge in [0.05, 0.1) is 47.7 Å². The summed E-state index contributed by atoms with van der Waals surface area (Å²) in [5.74, 6) is 0.216. The Labute approximate surface area is 235 Å². The molecule has 0 fully saturated rings. The lowest BCUT2D eigenvalue weighted by molar-refractivity contribution is -0.384. The molecule has 0 bridgehead atoms. The van der Waals surface area contributed by atoms with Crippen molar-refractivity contribution in [3.63, 3.8) is 0 Å². The molecule has 0 spiro atoms. The van der Waals surface area contributed by atoms with Crippen LogP contribution in [0.15, 0.2) is 77.4 Å². The van der Waals surface area contributed by atoms with E-state index in [0.29, 0.717) is 42.9 Å². The summed E-state index contributed by atoms with van der Waals surface area (Å²) in [5, 5.41) is 29.6. The number of nitriles is 2. The highest BCUT2D eigenvalue weighted by Gasteiger charge is 2.34. The number of ether oxygens (including phenoxy) is 1. The van der Waals surface area contributed by atoms with Crippen molar-refractivity contribution >= 4 is 46.5 Å². The van der Waals surface area contributed by atoms with Crippen LogP contribution in [0.3, 0.4) is 0 Å². The summed E-state index contributed by atoms with van der Waals surface area (Å²) in [4.78, 5) is 32.5. The first-order valence-electron chi connectivity index (χ1n) is 12.2. The van der Waals surface area contributed by atoms with Crippen molar-refractivity contribution in [2.75, 3.05) is 30.0 Å². The van der Waals surface area contributed by atoms with E-state index in [0.717, 1.165) is 5.69 Å². The molecule has 1 amide bonds. The Morgan fingerprint density at radius 2 is 1.77 bits per heavy atom. The number of hydrogen-bond acceptors (Lipinski definition) is 8. The number of anilines is 2. The van der Waals surface area contributed by atoms with Gasteiger partial charge >= 0.3 is 0 Å². The van der Waals surface area contributed by atoms with Gasteiger partial charge < -0.3 is 9.64 Å². The van der Waals surface area contributed by atoms with E-state index in [2.05, 4.69) is 17.1 Å². The van der Waals surface area contributed by atoms with Crippen molar-refractivity contribution in [3.05, 3.63) is 98.7 Å². The Balaban J connectivity index is 1.75. The number of aliphatic imine (C=N–C) groups is 1. The summed E-state index contributed by atoms with van der Waals surface area (Å²) in [6, 6.07) is 22.4. The van der Waals surface area contributed by atoms with Crippen LogP contribution in [0.5, 0.6) is 5.75 Å². The second-order valence-electron chi connectivity index (χ2n) is 8.62. The number of benzene rings is 3. The van der Waals surface area contributed by atoms with E-state index < -0.39 is 10.8 Å². The summed E-state index contributed by atoms with van der Waals surface area (Å²) < 4.78 is 5.32. The third-order valence-electron chi connectivity index (χ3n) is 6.12. The quantitative estimate of drug-likeness (QED) is 0.177. The molecule has 0 unspecified atom stereocenters. The molecule has 0 aliphatic carbocycles. The van der Waals surface area contributed by atoms with E-state index in [4.69, 9.17) is 26.9 Å². The highest BCUT2D eigenvalue weighted by Crippen LogP contribution is 2.33. The number of carbonyl (C=O) groups excluding carboxylic acids is 1. The van der Waals surface area contributed by atoms with Crippen LogP contribution >= 0.6 is 11.6 Å². The van der Waals surface area contributed by atoms with E-state index in [1.807, 2.05) is 29.2 Å². The summed E-state index contributed by atoms with van der Waals surface area (Å²) in [7, 11) is 1.51. The van der Waals surface area contributed by atoms with Gasteiger partial charge in [-0.3, -0.25) is 19.8 Å². The molecule has 1 aliphatic heterocycles. The fraction of sp³-hybridized carbons (Fsp3) is 0.172. The highest BCUT2D eigenvalue weighted by atomic mass is 35.5. The third-order valence-corrected chi connectivity index (χ3v) is 6.45. The number of nitrogens with zero attached hydrogens (tertiary/aromatic N) is 6. The van der Waals surface area contributed by atoms with Crippen molar-refractivity contribution in [2.24, 2.45) is 4.99 Å². The molecule has 3 aromatic carbocycles. The fourth-order valence-electron chi connectivity index (χ4n) is 4.16. The van der Waals surface area contributed by atoms with E-state index in [1.165, 1.54) is 30.2 Å². The number of methoxy groups -OCH3 is 1. The first-order valence-corrected chi connectivity index (χ1v) is 12.6. The molecule has 1 aliphatic rings. The molecule has 4 rings (SSSR count). The van der Waals surface area contributed by atoms with Crippen LogP contribution in [0.2, 0.25) is 5.02 Å².